The maximum atomic E-state index is 11.3. The zero-order chi connectivity index (χ0) is 16.7. The smallest absolute Gasteiger partial charge is 0.303 e. The number of hydrogen-bond donors (Lipinski definition) is 2. The summed E-state index contributed by atoms with van der Waals surface area (Å²) in [5.41, 5.74) is 1.31. The average Bonchev–Trinajstić information content (AvgIpc) is 2.46. The van der Waals surface area contributed by atoms with Gasteiger partial charge in [-0.05, 0) is 61.5 Å². The Balaban J connectivity index is 0.00000288. The van der Waals surface area contributed by atoms with E-state index in [4.69, 9.17) is 0 Å². The van der Waals surface area contributed by atoms with Gasteiger partial charge in [-0.1, -0.05) is 44.2 Å². The van der Waals surface area contributed by atoms with Gasteiger partial charge in [0.25, 0.3) is 0 Å². The van der Waals surface area contributed by atoms with Gasteiger partial charge < -0.3 is 10.4 Å². The van der Waals surface area contributed by atoms with Gasteiger partial charge in [0.2, 0.25) is 0 Å². The second kappa shape index (κ2) is 10.0. The third-order valence-corrected chi connectivity index (χ3v) is 5.06. The molecule has 2 rings (SSSR count). The van der Waals surface area contributed by atoms with Gasteiger partial charge in [-0.3, -0.25) is 4.79 Å². The molecule has 0 radical (unpaired) electrons. The van der Waals surface area contributed by atoms with Crippen LogP contribution in [0.15, 0.2) is 30.3 Å². The van der Waals surface area contributed by atoms with Gasteiger partial charge >= 0.3 is 5.97 Å². The molecular weight excluding hydrogens is 322 g/mol. The number of nitrogens with one attached hydrogen (secondary N) is 1. The minimum Gasteiger partial charge on any atom is -0.481 e. The maximum Gasteiger partial charge on any atom is 0.303 e. The van der Waals surface area contributed by atoms with Gasteiger partial charge in [0.15, 0.2) is 0 Å². The molecule has 1 saturated carbocycles. The molecule has 1 aromatic rings. The number of carboxylic acids is 1. The molecule has 0 heterocycles. The summed E-state index contributed by atoms with van der Waals surface area (Å²) >= 11 is 0. The number of hydrogen-bond acceptors (Lipinski definition) is 2. The highest BCUT2D eigenvalue weighted by Gasteiger charge is 2.39. The molecule has 1 aliphatic rings. The number of aliphatic carboxylic acids is 1. The molecular formula is C20H32ClNO2. The van der Waals surface area contributed by atoms with Gasteiger partial charge in [-0.25, -0.2) is 0 Å². The van der Waals surface area contributed by atoms with Crippen LogP contribution in [-0.4, -0.2) is 24.2 Å². The molecule has 4 heteroatoms. The zero-order valence-electron chi connectivity index (χ0n) is 15.0. The molecule has 0 amide bonds. The van der Waals surface area contributed by atoms with Crippen molar-refractivity contribution in [2.24, 2.45) is 17.3 Å². The fourth-order valence-corrected chi connectivity index (χ4v) is 4.50. The Bertz CT molecular complexity index is 482. The Hall–Kier alpha value is -1.06. The third kappa shape index (κ3) is 6.82. The molecule has 0 saturated heterocycles. The van der Waals surface area contributed by atoms with Crippen molar-refractivity contribution in [3.05, 3.63) is 35.9 Å². The van der Waals surface area contributed by atoms with E-state index in [2.05, 4.69) is 43.4 Å². The van der Waals surface area contributed by atoms with E-state index in [0.29, 0.717) is 18.3 Å². The summed E-state index contributed by atoms with van der Waals surface area (Å²) in [4.78, 5) is 11.3. The normalized spacial score (nSPS) is 26.6. The minimum absolute atomic E-state index is 0. The molecule has 3 nitrogen and oxygen atoms in total. The van der Waals surface area contributed by atoms with Crippen LogP contribution < -0.4 is 5.32 Å². The van der Waals surface area contributed by atoms with Crippen molar-refractivity contribution in [3.8, 4) is 0 Å². The highest BCUT2D eigenvalue weighted by Crippen LogP contribution is 2.44. The van der Waals surface area contributed by atoms with E-state index in [1.165, 1.54) is 12.0 Å². The molecule has 1 aliphatic carbocycles. The monoisotopic (exact) mass is 353 g/mol. The Morgan fingerprint density at radius 3 is 2.42 bits per heavy atom. The summed E-state index contributed by atoms with van der Waals surface area (Å²) in [7, 11) is 0. The number of halogens is 1. The van der Waals surface area contributed by atoms with Crippen LogP contribution in [0.4, 0.5) is 0 Å². The summed E-state index contributed by atoms with van der Waals surface area (Å²) in [6, 6.07) is 10.5. The number of rotatable bonds is 8. The van der Waals surface area contributed by atoms with Crippen LogP contribution in [0.1, 0.15) is 51.5 Å². The van der Waals surface area contributed by atoms with Crippen LogP contribution in [0, 0.1) is 17.3 Å². The second-order valence-corrected chi connectivity index (χ2v) is 7.69. The molecule has 24 heavy (non-hydrogen) atoms. The van der Waals surface area contributed by atoms with Gasteiger partial charge in [0, 0.05) is 6.54 Å². The molecule has 0 aliphatic heterocycles. The van der Waals surface area contributed by atoms with Crippen molar-refractivity contribution in [1.29, 1.82) is 0 Å². The summed E-state index contributed by atoms with van der Waals surface area (Å²) in [6.45, 7) is 6.32. The molecule has 2 N–H and O–H groups in total. The van der Waals surface area contributed by atoms with Gasteiger partial charge in [-0.15, -0.1) is 12.4 Å². The van der Waals surface area contributed by atoms with E-state index >= 15 is 0 Å². The molecule has 0 aromatic heterocycles. The predicted octanol–water partition coefficient (Wildman–Crippen LogP) is 4.55. The van der Waals surface area contributed by atoms with Crippen molar-refractivity contribution >= 4 is 18.4 Å². The van der Waals surface area contributed by atoms with E-state index in [9.17, 15) is 9.90 Å². The lowest BCUT2D eigenvalue weighted by Crippen LogP contribution is -2.42. The van der Waals surface area contributed by atoms with E-state index in [1.54, 1.807) is 0 Å². The average molecular weight is 354 g/mol. The fraction of sp³-hybridized carbons (Fsp3) is 0.650. The van der Waals surface area contributed by atoms with E-state index < -0.39 is 5.97 Å². The summed E-state index contributed by atoms with van der Waals surface area (Å²) in [5.74, 6) is 0.603. The van der Waals surface area contributed by atoms with Gasteiger partial charge in [0.1, 0.15) is 0 Å². The van der Waals surface area contributed by atoms with E-state index in [1.807, 2.05) is 6.07 Å². The third-order valence-electron chi connectivity index (χ3n) is 5.06. The van der Waals surface area contributed by atoms with Crippen molar-refractivity contribution < 1.29 is 9.90 Å². The Labute approximate surface area is 152 Å². The Morgan fingerprint density at radius 1 is 1.21 bits per heavy atom. The largest absolute Gasteiger partial charge is 0.481 e. The van der Waals surface area contributed by atoms with E-state index in [0.717, 1.165) is 38.8 Å². The van der Waals surface area contributed by atoms with Crippen LogP contribution in [0.5, 0.6) is 0 Å². The lowest BCUT2D eigenvalue weighted by Gasteiger charge is -2.42. The first-order chi connectivity index (χ1) is 11.0. The molecule has 3 atom stereocenters. The summed E-state index contributed by atoms with van der Waals surface area (Å²) < 4.78 is 0. The lowest BCUT2D eigenvalue weighted by molar-refractivity contribution is -0.140. The van der Waals surface area contributed by atoms with Crippen molar-refractivity contribution in [2.45, 2.75) is 52.4 Å². The first-order valence-corrected chi connectivity index (χ1v) is 8.95. The minimum atomic E-state index is -0.655. The summed E-state index contributed by atoms with van der Waals surface area (Å²) in [6.07, 6.45) is 5.78. The van der Waals surface area contributed by atoms with Gasteiger partial charge in [0.05, 0.1) is 6.42 Å². The van der Waals surface area contributed by atoms with Crippen LogP contribution in [-0.2, 0) is 11.2 Å². The van der Waals surface area contributed by atoms with Crippen molar-refractivity contribution in [3.63, 3.8) is 0 Å². The number of benzene rings is 1. The van der Waals surface area contributed by atoms with Gasteiger partial charge in [-0.2, -0.15) is 0 Å². The molecule has 136 valence electrons. The second-order valence-electron chi connectivity index (χ2n) is 7.69. The number of carbonyl (C=O) groups is 1. The molecule has 1 fully saturated rings. The molecule has 0 bridgehead atoms. The fourth-order valence-electron chi connectivity index (χ4n) is 4.50. The first-order valence-electron chi connectivity index (χ1n) is 8.95. The zero-order valence-corrected chi connectivity index (χ0v) is 15.8. The van der Waals surface area contributed by atoms with E-state index in [-0.39, 0.29) is 17.8 Å². The summed E-state index contributed by atoms with van der Waals surface area (Å²) in [5, 5.41) is 12.9. The maximum absolute atomic E-state index is 11.3. The van der Waals surface area contributed by atoms with Crippen LogP contribution in [0.2, 0.25) is 0 Å². The predicted molar refractivity (Wildman–Crippen MR) is 102 cm³/mol. The highest BCUT2D eigenvalue weighted by atomic mass is 35.5. The first kappa shape index (κ1) is 21.0. The van der Waals surface area contributed by atoms with Crippen LogP contribution in [0.3, 0.4) is 0 Å². The van der Waals surface area contributed by atoms with Crippen LogP contribution in [0.25, 0.3) is 0 Å². The quantitative estimate of drug-likeness (QED) is 0.674. The Morgan fingerprint density at radius 2 is 1.83 bits per heavy atom. The lowest BCUT2D eigenvalue weighted by atomic mass is 9.64. The van der Waals surface area contributed by atoms with Crippen LogP contribution >= 0.6 is 12.4 Å². The Kier molecular flexibility index (Phi) is 8.79. The number of carboxylic acid groups (broad SMARTS) is 1. The van der Waals surface area contributed by atoms with Crippen molar-refractivity contribution in [2.75, 3.05) is 13.1 Å². The molecule has 1 aromatic carbocycles. The SMILES string of the molecule is C[C@@H]1C[C@H](C)C[C@@](CNCCCc2ccccc2)(CC(=O)O)C1.Cl. The number of aryl methyl sites for hydroxylation is 1. The molecule has 0 spiro atoms. The molecule has 0 unspecified atom stereocenters. The van der Waals surface area contributed by atoms with Crippen molar-refractivity contribution in [1.82, 2.24) is 5.32 Å². The topological polar surface area (TPSA) is 49.3 Å². The highest BCUT2D eigenvalue weighted by molar-refractivity contribution is 5.85. The standard InChI is InChI=1S/C20H31NO2.ClH/c1-16-11-17(2)13-20(12-16,14-19(22)23)15-21-10-6-9-18-7-4-3-5-8-18;/h3-5,7-8,16-17,21H,6,9-15H2,1-2H3,(H,22,23);1H/t16-,17+,20-;.